The number of hydrogen-bond donors (Lipinski definition) is 1. The van der Waals surface area contributed by atoms with Gasteiger partial charge in [-0.15, -0.1) is 0 Å². The standard InChI is InChI=1S/C14H22N2O3/c1-11(17)12-9-15-16(10-12)13-2-5-19-14(8-13)3-6-18-7-4-14/h9-11,13,17H,2-8H2,1H3. The first kappa shape index (κ1) is 13.1. The van der Waals surface area contributed by atoms with Crippen molar-refractivity contribution in [2.75, 3.05) is 19.8 Å². The maximum atomic E-state index is 9.58. The zero-order valence-electron chi connectivity index (χ0n) is 11.4. The molecule has 0 radical (unpaired) electrons. The molecular formula is C14H22N2O3. The summed E-state index contributed by atoms with van der Waals surface area (Å²) in [6, 6.07) is 0.374. The highest BCUT2D eigenvalue weighted by Gasteiger charge is 2.39. The predicted octanol–water partition coefficient (Wildman–Crippen LogP) is 1.84. The summed E-state index contributed by atoms with van der Waals surface area (Å²) < 4.78 is 13.5. The molecule has 0 saturated carbocycles. The molecule has 19 heavy (non-hydrogen) atoms. The van der Waals surface area contributed by atoms with Gasteiger partial charge in [0.2, 0.25) is 0 Å². The van der Waals surface area contributed by atoms with Crippen molar-refractivity contribution in [1.82, 2.24) is 9.78 Å². The molecule has 0 aromatic carbocycles. The molecule has 3 heterocycles. The van der Waals surface area contributed by atoms with Crippen molar-refractivity contribution in [1.29, 1.82) is 0 Å². The van der Waals surface area contributed by atoms with Crippen molar-refractivity contribution < 1.29 is 14.6 Å². The molecule has 0 amide bonds. The van der Waals surface area contributed by atoms with Gasteiger partial charge in [-0.1, -0.05) is 0 Å². The van der Waals surface area contributed by atoms with E-state index in [-0.39, 0.29) is 5.60 Å². The molecule has 2 aliphatic heterocycles. The Kier molecular flexibility index (Phi) is 3.60. The molecule has 1 spiro atoms. The summed E-state index contributed by atoms with van der Waals surface area (Å²) in [5, 5.41) is 14.0. The van der Waals surface area contributed by atoms with E-state index in [2.05, 4.69) is 5.10 Å². The SMILES string of the molecule is CC(O)c1cnn(C2CCOC3(CCOCC3)C2)c1. The molecule has 3 rings (SSSR count). The minimum Gasteiger partial charge on any atom is -0.389 e. The van der Waals surface area contributed by atoms with Crippen molar-refractivity contribution >= 4 is 0 Å². The van der Waals surface area contributed by atoms with E-state index in [0.717, 1.165) is 51.1 Å². The topological polar surface area (TPSA) is 56.5 Å². The highest BCUT2D eigenvalue weighted by molar-refractivity contribution is 5.07. The minimum absolute atomic E-state index is 0.0158. The molecule has 0 bridgehead atoms. The summed E-state index contributed by atoms with van der Waals surface area (Å²) in [5.74, 6) is 0. The summed E-state index contributed by atoms with van der Waals surface area (Å²) in [4.78, 5) is 0. The lowest BCUT2D eigenvalue weighted by molar-refractivity contribution is -0.145. The fourth-order valence-corrected chi connectivity index (χ4v) is 3.09. The van der Waals surface area contributed by atoms with E-state index in [1.54, 1.807) is 13.1 Å². The van der Waals surface area contributed by atoms with Gasteiger partial charge in [0.15, 0.2) is 0 Å². The van der Waals surface area contributed by atoms with Gasteiger partial charge in [0.05, 0.1) is 23.9 Å². The lowest BCUT2D eigenvalue weighted by atomic mass is 9.84. The molecule has 1 aromatic heterocycles. The van der Waals surface area contributed by atoms with Gasteiger partial charge in [0.1, 0.15) is 0 Å². The molecule has 2 saturated heterocycles. The van der Waals surface area contributed by atoms with Gasteiger partial charge in [-0.3, -0.25) is 4.68 Å². The van der Waals surface area contributed by atoms with Crippen LogP contribution in [0.1, 0.15) is 50.3 Å². The molecule has 1 aromatic rings. The second-order valence-electron chi connectivity index (χ2n) is 5.72. The van der Waals surface area contributed by atoms with E-state index >= 15 is 0 Å². The first-order chi connectivity index (χ1) is 9.19. The summed E-state index contributed by atoms with van der Waals surface area (Å²) in [6.07, 6.45) is 7.22. The molecule has 2 fully saturated rings. The van der Waals surface area contributed by atoms with Gasteiger partial charge in [-0.05, 0) is 32.6 Å². The Labute approximate surface area is 113 Å². The number of nitrogens with zero attached hydrogens (tertiary/aromatic N) is 2. The van der Waals surface area contributed by atoms with Crippen molar-refractivity contribution in [2.24, 2.45) is 0 Å². The number of aliphatic hydroxyl groups excluding tert-OH is 1. The second-order valence-corrected chi connectivity index (χ2v) is 5.72. The molecule has 5 heteroatoms. The fourth-order valence-electron chi connectivity index (χ4n) is 3.09. The quantitative estimate of drug-likeness (QED) is 0.887. The molecule has 0 aliphatic carbocycles. The van der Waals surface area contributed by atoms with Crippen molar-refractivity contribution in [3.05, 3.63) is 18.0 Å². The van der Waals surface area contributed by atoms with Gasteiger partial charge in [-0.2, -0.15) is 5.10 Å². The fraction of sp³-hybridized carbons (Fsp3) is 0.786. The van der Waals surface area contributed by atoms with E-state index in [0.29, 0.717) is 6.04 Å². The van der Waals surface area contributed by atoms with Crippen molar-refractivity contribution in [2.45, 2.75) is 50.4 Å². The number of hydrogen-bond acceptors (Lipinski definition) is 4. The molecule has 2 atom stereocenters. The molecule has 106 valence electrons. The Morgan fingerprint density at radius 2 is 2.21 bits per heavy atom. The van der Waals surface area contributed by atoms with Crippen LogP contribution in [0.4, 0.5) is 0 Å². The van der Waals surface area contributed by atoms with Crippen LogP contribution in [0.5, 0.6) is 0 Å². The van der Waals surface area contributed by atoms with Crippen LogP contribution in [0.25, 0.3) is 0 Å². The van der Waals surface area contributed by atoms with Crippen LogP contribution in [0, 0.1) is 0 Å². The van der Waals surface area contributed by atoms with E-state index in [4.69, 9.17) is 9.47 Å². The van der Waals surface area contributed by atoms with E-state index in [1.807, 2.05) is 10.9 Å². The zero-order valence-corrected chi connectivity index (χ0v) is 11.4. The van der Waals surface area contributed by atoms with Gasteiger partial charge in [0.25, 0.3) is 0 Å². The summed E-state index contributed by atoms with van der Waals surface area (Å²) in [6.45, 7) is 4.15. The molecule has 5 nitrogen and oxygen atoms in total. The number of ether oxygens (including phenoxy) is 2. The van der Waals surface area contributed by atoms with Crippen LogP contribution in [-0.2, 0) is 9.47 Å². The third-order valence-corrected chi connectivity index (χ3v) is 4.35. The number of aliphatic hydroxyl groups is 1. The Hall–Kier alpha value is -0.910. The summed E-state index contributed by atoms with van der Waals surface area (Å²) >= 11 is 0. The average Bonchev–Trinajstić information content (AvgIpc) is 2.89. The summed E-state index contributed by atoms with van der Waals surface area (Å²) in [7, 11) is 0. The smallest absolute Gasteiger partial charge is 0.0792 e. The van der Waals surface area contributed by atoms with Crippen LogP contribution in [0.15, 0.2) is 12.4 Å². The average molecular weight is 266 g/mol. The molecule has 1 N–H and O–H groups in total. The lowest BCUT2D eigenvalue weighted by Gasteiger charge is -2.43. The van der Waals surface area contributed by atoms with Crippen LogP contribution >= 0.6 is 0 Å². The van der Waals surface area contributed by atoms with Crippen molar-refractivity contribution in [3.63, 3.8) is 0 Å². The maximum Gasteiger partial charge on any atom is 0.0792 e. The Morgan fingerprint density at radius 1 is 1.42 bits per heavy atom. The largest absolute Gasteiger partial charge is 0.389 e. The van der Waals surface area contributed by atoms with Gasteiger partial charge >= 0.3 is 0 Å². The highest BCUT2D eigenvalue weighted by atomic mass is 16.5. The predicted molar refractivity (Wildman–Crippen MR) is 69.9 cm³/mol. The third-order valence-electron chi connectivity index (χ3n) is 4.35. The highest BCUT2D eigenvalue weighted by Crippen LogP contribution is 2.39. The Morgan fingerprint density at radius 3 is 2.89 bits per heavy atom. The minimum atomic E-state index is -0.453. The Balaban J connectivity index is 1.73. The zero-order chi connectivity index (χ0) is 13.3. The van der Waals surface area contributed by atoms with Crippen LogP contribution < -0.4 is 0 Å². The van der Waals surface area contributed by atoms with E-state index < -0.39 is 6.10 Å². The van der Waals surface area contributed by atoms with Crippen LogP contribution in [0.3, 0.4) is 0 Å². The van der Waals surface area contributed by atoms with Crippen LogP contribution in [0.2, 0.25) is 0 Å². The molecule has 2 aliphatic rings. The van der Waals surface area contributed by atoms with Gasteiger partial charge in [0, 0.05) is 31.6 Å². The van der Waals surface area contributed by atoms with E-state index in [9.17, 15) is 5.11 Å². The first-order valence-electron chi connectivity index (χ1n) is 7.12. The summed E-state index contributed by atoms with van der Waals surface area (Å²) in [5.41, 5.74) is 0.866. The third kappa shape index (κ3) is 2.68. The Bertz CT molecular complexity index is 419. The number of rotatable bonds is 2. The monoisotopic (exact) mass is 266 g/mol. The van der Waals surface area contributed by atoms with Crippen molar-refractivity contribution in [3.8, 4) is 0 Å². The number of aromatic nitrogens is 2. The van der Waals surface area contributed by atoms with Crippen LogP contribution in [-0.4, -0.2) is 40.3 Å². The molecular weight excluding hydrogens is 244 g/mol. The molecule has 2 unspecified atom stereocenters. The van der Waals surface area contributed by atoms with E-state index in [1.165, 1.54) is 0 Å². The second kappa shape index (κ2) is 5.23. The van der Waals surface area contributed by atoms with Gasteiger partial charge in [-0.25, -0.2) is 0 Å². The normalized spacial score (nSPS) is 28.4. The first-order valence-corrected chi connectivity index (χ1v) is 7.12. The van der Waals surface area contributed by atoms with Gasteiger partial charge < -0.3 is 14.6 Å². The maximum absolute atomic E-state index is 9.58. The lowest BCUT2D eigenvalue weighted by Crippen LogP contribution is -2.44.